The molecule has 0 aliphatic carbocycles. The monoisotopic (exact) mass is 556 g/mol. The molecule has 1 amide bonds. The Bertz CT molecular complexity index is 877. The summed E-state index contributed by atoms with van der Waals surface area (Å²) in [5.74, 6) is 0.882. The molecule has 0 saturated heterocycles. The van der Waals surface area contributed by atoms with Crippen LogP contribution < -0.4 is 15.4 Å². The van der Waals surface area contributed by atoms with E-state index < -0.39 is 0 Å². The van der Waals surface area contributed by atoms with Crippen LogP contribution in [0.1, 0.15) is 36.2 Å². The molecule has 0 aliphatic rings. The minimum absolute atomic E-state index is 0. The van der Waals surface area contributed by atoms with Crippen molar-refractivity contribution in [1.29, 1.82) is 0 Å². The minimum atomic E-state index is -0.317. The molecule has 0 bridgehead atoms. The Morgan fingerprint density at radius 2 is 1.88 bits per heavy atom. The van der Waals surface area contributed by atoms with E-state index in [-0.39, 0.29) is 41.8 Å². The van der Waals surface area contributed by atoms with Crippen molar-refractivity contribution < 1.29 is 13.9 Å². The summed E-state index contributed by atoms with van der Waals surface area (Å²) >= 11 is 0. The highest BCUT2D eigenvalue weighted by Crippen LogP contribution is 2.15. The van der Waals surface area contributed by atoms with Gasteiger partial charge in [-0.1, -0.05) is 25.1 Å². The third kappa shape index (κ3) is 9.42. The van der Waals surface area contributed by atoms with E-state index in [1.54, 1.807) is 31.1 Å². The molecule has 0 heterocycles. The molecule has 2 N–H and O–H groups in total. The van der Waals surface area contributed by atoms with E-state index in [4.69, 9.17) is 4.74 Å². The van der Waals surface area contributed by atoms with Crippen LogP contribution in [0.5, 0.6) is 5.75 Å². The molecule has 0 aromatic heterocycles. The maximum atomic E-state index is 13.4. The lowest BCUT2D eigenvalue weighted by Gasteiger charge is -2.17. The molecule has 1 unspecified atom stereocenters. The molecule has 0 saturated carbocycles. The maximum absolute atomic E-state index is 13.4. The molecule has 2 aromatic carbocycles. The number of ether oxygens (including phenoxy) is 1. The van der Waals surface area contributed by atoms with Crippen molar-refractivity contribution in [2.45, 2.75) is 32.8 Å². The van der Waals surface area contributed by atoms with E-state index in [0.717, 1.165) is 24.9 Å². The highest BCUT2D eigenvalue weighted by atomic mass is 127. The number of hydrogen-bond donors (Lipinski definition) is 2. The molecule has 1 atom stereocenters. The van der Waals surface area contributed by atoms with Crippen LogP contribution in [0.4, 0.5) is 4.39 Å². The lowest BCUT2D eigenvalue weighted by atomic mass is 10.1. The molecular weight excluding hydrogens is 522 g/mol. The Labute approximate surface area is 207 Å². The number of aliphatic imine (C=N–C) groups is 1. The average Bonchev–Trinajstić information content (AvgIpc) is 2.76. The van der Waals surface area contributed by atoms with Gasteiger partial charge in [0.2, 0.25) is 0 Å². The number of rotatable bonds is 10. The van der Waals surface area contributed by atoms with Crippen molar-refractivity contribution in [2.75, 3.05) is 33.7 Å². The average molecular weight is 556 g/mol. The Kier molecular flexibility index (Phi) is 12.7. The van der Waals surface area contributed by atoms with Crippen LogP contribution in [-0.4, -0.2) is 56.6 Å². The SMILES string of the molecule is CCNC(=NCC(CC)Oc1cccc(F)c1)NCCc1cccc(C(=O)N(C)C)c1.I. The number of guanidine groups is 1. The summed E-state index contributed by atoms with van der Waals surface area (Å²) in [4.78, 5) is 18.3. The van der Waals surface area contributed by atoms with E-state index in [1.165, 1.54) is 12.1 Å². The van der Waals surface area contributed by atoms with Gasteiger partial charge in [0.15, 0.2) is 5.96 Å². The first-order valence-electron chi connectivity index (χ1n) is 10.7. The Hall–Kier alpha value is -2.36. The number of carbonyl (C=O) groups is 1. The minimum Gasteiger partial charge on any atom is -0.488 e. The zero-order valence-corrected chi connectivity index (χ0v) is 21.6. The molecule has 2 rings (SSSR count). The highest BCUT2D eigenvalue weighted by molar-refractivity contribution is 14.0. The van der Waals surface area contributed by atoms with Crippen LogP contribution >= 0.6 is 24.0 Å². The standard InChI is InChI=1S/C24H33FN4O2.HI/c1-5-21(31-22-12-8-11-20(25)16-22)17-28-24(26-6-2)27-14-13-18-9-7-10-19(15-18)23(30)29(3)4;/h7-12,15-16,21H,5-6,13-14,17H2,1-4H3,(H2,26,27,28);1H. The topological polar surface area (TPSA) is 66.0 Å². The molecule has 8 heteroatoms. The maximum Gasteiger partial charge on any atom is 0.253 e. The number of benzene rings is 2. The lowest BCUT2D eigenvalue weighted by molar-refractivity contribution is 0.0827. The third-order valence-electron chi connectivity index (χ3n) is 4.64. The van der Waals surface area contributed by atoms with Gasteiger partial charge in [0.25, 0.3) is 5.91 Å². The first-order chi connectivity index (χ1) is 14.9. The molecular formula is C24H34FIN4O2. The number of halogens is 2. The van der Waals surface area contributed by atoms with Gasteiger partial charge >= 0.3 is 0 Å². The zero-order valence-electron chi connectivity index (χ0n) is 19.2. The zero-order chi connectivity index (χ0) is 22.6. The van der Waals surface area contributed by atoms with Crippen molar-refractivity contribution in [3.05, 3.63) is 65.5 Å². The second kappa shape index (κ2) is 14.7. The molecule has 0 aliphatic heterocycles. The lowest BCUT2D eigenvalue weighted by Crippen LogP contribution is -2.39. The first-order valence-corrected chi connectivity index (χ1v) is 10.7. The summed E-state index contributed by atoms with van der Waals surface area (Å²) in [6.07, 6.45) is 1.37. The van der Waals surface area contributed by atoms with Gasteiger partial charge in [-0.15, -0.1) is 24.0 Å². The van der Waals surface area contributed by atoms with Gasteiger partial charge in [0, 0.05) is 38.8 Å². The molecule has 6 nitrogen and oxygen atoms in total. The summed E-state index contributed by atoms with van der Waals surface area (Å²) in [5.41, 5.74) is 1.76. The number of nitrogens with one attached hydrogen (secondary N) is 2. The van der Waals surface area contributed by atoms with Crippen LogP contribution in [-0.2, 0) is 6.42 Å². The van der Waals surface area contributed by atoms with E-state index in [2.05, 4.69) is 15.6 Å². The van der Waals surface area contributed by atoms with Crippen LogP contribution in [0.2, 0.25) is 0 Å². The van der Waals surface area contributed by atoms with Gasteiger partial charge in [-0.3, -0.25) is 4.79 Å². The predicted molar refractivity (Wildman–Crippen MR) is 139 cm³/mol. The van der Waals surface area contributed by atoms with Gasteiger partial charge in [-0.2, -0.15) is 0 Å². The Balaban J connectivity index is 0.00000512. The summed E-state index contributed by atoms with van der Waals surface area (Å²) in [6.45, 7) is 5.89. The van der Waals surface area contributed by atoms with Crippen LogP contribution in [0.15, 0.2) is 53.5 Å². The van der Waals surface area contributed by atoms with Gasteiger partial charge in [-0.05, 0) is 49.6 Å². The number of amides is 1. The summed E-state index contributed by atoms with van der Waals surface area (Å²) in [7, 11) is 3.49. The second-order valence-corrected chi connectivity index (χ2v) is 7.40. The smallest absolute Gasteiger partial charge is 0.253 e. The van der Waals surface area contributed by atoms with Crippen molar-refractivity contribution in [3.8, 4) is 5.75 Å². The predicted octanol–water partition coefficient (Wildman–Crippen LogP) is 4.10. The van der Waals surface area contributed by atoms with Crippen molar-refractivity contribution in [2.24, 2.45) is 4.99 Å². The summed E-state index contributed by atoms with van der Waals surface area (Å²) in [6, 6.07) is 13.8. The second-order valence-electron chi connectivity index (χ2n) is 7.40. The van der Waals surface area contributed by atoms with Gasteiger partial charge in [0.1, 0.15) is 17.7 Å². The van der Waals surface area contributed by atoms with E-state index >= 15 is 0 Å². The van der Waals surface area contributed by atoms with Crippen molar-refractivity contribution in [1.82, 2.24) is 15.5 Å². The third-order valence-corrected chi connectivity index (χ3v) is 4.64. The van der Waals surface area contributed by atoms with Crippen LogP contribution in [0.3, 0.4) is 0 Å². The van der Waals surface area contributed by atoms with E-state index in [0.29, 0.717) is 30.4 Å². The number of hydrogen-bond acceptors (Lipinski definition) is 3. The summed E-state index contributed by atoms with van der Waals surface area (Å²) in [5, 5.41) is 6.55. The normalized spacial score (nSPS) is 11.8. The Morgan fingerprint density at radius 3 is 2.53 bits per heavy atom. The molecule has 2 aromatic rings. The fraction of sp³-hybridized carbons (Fsp3) is 0.417. The van der Waals surface area contributed by atoms with Gasteiger partial charge in [-0.25, -0.2) is 9.38 Å². The van der Waals surface area contributed by atoms with Crippen LogP contribution in [0, 0.1) is 5.82 Å². The largest absolute Gasteiger partial charge is 0.488 e. The van der Waals surface area contributed by atoms with Gasteiger partial charge < -0.3 is 20.3 Å². The molecule has 0 fully saturated rings. The van der Waals surface area contributed by atoms with E-state index in [9.17, 15) is 9.18 Å². The molecule has 0 radical (unpaired) electrons. The number of carbonyl (C=O) groups excluding carboxylic acids is 1. The van der Waals surface area contributed by atoms with Gasteiger partial charge in [0.05, 0.1) is 6.54 Å². The first kappa shape index (κ1) is 27.7. The highest BCUT2D eigenvalue weighted by Gasteiger charge is 2.10. The molecule has 176 valence electrons. The van der Waals surface area contributed by atoms with Crippen molar-refractivity contribution >= 4 is 35.8 Å². The Morgan fingerprint density at radius 1 is 1.12 bits per heavy atom. The molecule has 0 spiro atoms. The fourth-order valence-corrected chi connectivity index (χ4v) is 2.96. The summed E-state index contributed by atoms with van der Waals surface area (Å²) < 4.78 is 19.2. The van der Waals surface area contributed by atoms with Crippen LogP contribution in [0.25, 0.3) is 0 Å². The van der Waals surface area contributed by atoms with E-state index in [1.807, 2.05) is 38.1 Å². The van der Waals surface area contributed by atoms with Crippen molar-refractivity contribution in [3.63, 3.8) is 0 Å². The fourth-order valence-electron chi connectivity index (χ4n) is 2.96. The molecule has 32 heavy (non-hydrogen) atoms. The quantitative estimate of drug-likeness (QED) is 0.263. The number of nitrogens with zero attached hydrogens (tertiary/aromatic N) is 2.